The van der Waals surface area contributed by atoms with E-state index in [1.54, 1.807) is 6.20 Å². The lowest BCUT2D eigenvalue weighted by Crippen LogP contribution is -2.26. The van der Waals surface area contributed by atoms with Gasteiger partial charge in [-0.15, -0.1) is 0 Å². The summed E-state index contributed by atoms with van der Waals surface area (Å²) in [6.45, 7) is 4.41. The first-order valence-electron chi connectivity index (χ1n) is 10.4. The number of imidazole rings is 1. The molecule has 0 bridgehead atoms. The SMILES string of the molecule is Cc1ccc(-c2nc(C3CC(CO)C3)n3ccnc(N)c23)cc1.Cc1ccccc1. The van der Waals surface area contributed by atoms with E-state index in [1.807, 2.05) is 24.4 Å². The fraction of sp³-hybridized carbons (Fsp3) is 0.280. The summed E-state index contributed by atoms with van der Waals surface area (Å²) in [5.74, 6) is 2.30. The standard InChI is InChI=1S/C18H20N4O.C7H8/c1-11-2-4-13(5-3-11)15-16-17(19)20-6-7-22(16)18(21-15)14-8-12(9-14)10-23;1-7-5-3-2-4-6-7/h2-7,12,14,23H,8-10H2,1H3,(H2,19,20);2-6H,1H3. The van der Waals surface area contributed by atoms with Crippen molar-refractivity contribution >= 4 is 11.3 Å². The van der Waals surface area contributed by atoms with Crippen LogP contribution >= 0.6 is 0 Å². The van der Waals surface area contributed by atoms with Crippen LogP contribution in [0.15, 0.2) is 67.0 Å². The molecule has 0 amide bonds. The molecule has 1 aliphatic rings. The first-order valence-corrected chi connectivity index (χ1v) is 10.4. The molecule has 1 aliphatic carbocycles. The molecule has 30 heavy (non-hydrogen) atoms. The van der Waals surface area contributed by atoms with Crippen molar-refractivity contribution in [2.75, 3.05) is 12.3 Å². The van der Waals surface area contributed by atoms with Gasteiger partial charge in [-0.2, -0.15) is 0 Å². The van der Waals surface area contributed by atoms with Crippen LogP contribution in [-0.4, -0.2) is 26.1 Å². The second-order valence-corrected chi connectivity index (χ2v) is 8.09. The number of hydrogen-bond acceptors (Lipinski definition) is 4. The van der Waals surface area contributed by atoms with Crippen molar-refractivity contribution in [2.45, 2.75) is 32.6 Å². The highest BCUT2D eigenvalue weighted by Gasteiger charge is 2.33. The van der Waals surface area contributed by atoms with Crippen LogP contribution in [0.1, 0.15) is 35.7 Å². The molecule has 154 valence electrons. The van der Waals surface area contributed by atoms with Gasteiger partial charge >= 0.3 is 0 Å². The number of aliphatic hydroxyl groups excluding tert-OH is 1. The van der Waals surface area contributed by atoms with Crippen LogP contribution < -0.4 is 5.73 Å². The summed E-state index contributed by atoms with van der Waals surface area (Å²) in [5, 5.41) is 9.26. The fourth-order valence-corrected chi connectivity index (χ4v) is 3.92. The Morgan fingerprint density at radius 1 is 1.00 bits per heavy atom. The Balaban J connectivity index is 0.000000265. The first kappa shape index (κ1) is 20.1. The van der Waals surface area contributed by atoms with Gasteiger partial charge in [-0.1, -0.05) is 65.7 Å². The molecule has 2 aromatic carbocycles. The molecule has 2 aromatic heterocycles. The van der Waals surface area contributed by atoms with E-state index in [0.29, 0.717) is 17.7 Å². The molecule has 0 aliphatic heterocycles. The van der Waals surface area contributed by atoms with Crippen LogP contribution in [0.3, 0.4) is 0 Å². The third-order valence-electron chi connectivity index (χ3n) is 5.73. The minimum atomic E-state index is 0.258. The quantitative estimate of drug-likeness (QED) is 0.519. The molecule has 0 atom stereocenters. The number of aliphatic hydroxyl groups is 1. The largest absolute Gasteiger partial charge is 0.396 e. The molecule has 5 nitrogen and oxygen atoms in total. The highest BCUT2D eigenvalue weighted by molar-refractivity contribution is 5.85. The smallest absolute Gasteiger partial charge is 0.150 e. The van der Waals surface area contributed by atoms with Crippen molar-refractivity contribution in [3.05, 3.63) is 83.9 Å². The summed E-state index contributed by atoms with van der Waals surface area (Å²) in [5.41, 5.74) is 11.5. The van der Waals surface area contributed by atoms with E-state index < -0.39 is 0 Å². The maximum atomic E-state index is 9.26. The molecule has 0 unspecified atom stereocenters. The molecule has 4 aromatic rings. The molecule has 1 fully saturated rings. The maximum absolute atomic E-state index is 9.26. The Morgan fingerprint density at radius 2 is 1.67 bits per heavy atom. The minimum absolute atomic E-state index is 0.258. The van der Waals surface area contributed by atoms with E-state index in [1.165, 1.54) is 11.1 Å². The zero-order chi connectivity index (χ0) is 21.1. The number of fused-ring (bicyclic) bond motifs is 1. The first-order chi connectivity index (χ1) is 14.6. The van der Waals surface area contributed by atoms with Crippen LogP contribution in [0.5, 0.6) is 0 Å². The van der Waals surface area contributed by atoms with Crippen molar-refractivity contribution < 1.29 is 5.11 Å². The number of hydrogen-bond donors (Lipinski definition) is 2. The van der Waals surface area contributed by atoms with E-state index in [9.17, 15) is 5.11 Å². The molecular weight excluding hydrogens is 372 g/mol. The fourth-order valence-electron chi connectivity index (χ4n) is 3.92. The number of rotatable bonds is 3. The Kier molecular flexibility index (Phi) is 5.81. The summed E-state index contributed by atoms with van der Waals surface area (Å²) < 4.78 is 2.07. The third kappa shape index (κ3) is 4.07. The zero-order valence-corrected chi connectivity index (χ0v) is 17.5. The summed E-state index contributed by atoms with van der Waals surface area (Å²) in [7, 11) is 0. The van der Waals surface area contributed by atoms with Gasteiger partial charge in [0.1, 0.15) is 22.9 Å². The van der Waals surface area contributed by atoms with Gasteiger partial charge in [0.25, 0.3) is 0 Å². The Hall–Kier alpha value is -3.18. The van der Waals surface area contributed by atoms with Crippen molar-refractivity contribution in [2.24, 2.45) is 5.92 Å². The maximum Gasteiger partial charge on any atom is 0.150 e. The van der Waals surface area contributed by atoms with E-state index in [0.717, 1.165) is 35.4 Å². The number of aryl methyl sites for hydroxylation is 2. The van der Waals surface area contributed by atoms with Crippen molar-refractivity contribution in [1.82, 2.24) is 14.4 Å². The van der Waals surface area contributed by atoms with E-state index >= 15 is 0 Å². The summed E-state index contributed by atoms with van der Waals surface area (Å²) in [6.07, 6.45) is 5.60. The normalized spacial score (nSPS) is 17.8. The lowest BCUT2D eigenvalue weighted by molar-refractivity contribution is 0.138. The molecule has 3 N–H and O–H groups in total. The van der Waals surface area contributed by atoms with Gasteiger partial charge in [0.2, 0.25) is 0 Å². The van der Waals surface area contributed by atoms with Crippen molar-refractivity contribution in [1.29, 1.82) is 0 Å². The summed E-state index contributed by atoms with van der Waals surface area (Å²) in [4.78, 5) is 9.14. The minimum Gasteiger partial charge on any atom is -0.396 e. The summed E-state index contributed by atoms with van der Waals surface area (Å²) >= 11 is 0. The number of nitrogens with zero attached hydrogens (tertiary/aromatic N) is 3. The molecule has 2 heterocycles. The molecule has 0 spiro atoms. The molecule has 5 rings (SSSR count). The zero-order valence-electron chi connectivity index (χ0n) is 17.5. The second-order valence-electron chi connectivity index (χ2n) is 8.09. The van der Waals surface area contributed by atoms with Gasteiger partial charge in [-0.05, 0) is 32.6 Å². The van der Waals surface area contributed by atoms with Gasteiger partial charge in [-0.3, -0.25) is 4.40 Å². The van der Waals surface area contributed by atoms with Gasteiger partial charge in [-0.25, -0.2) is 9.97 Å². The van der Waals surface area contributed by atoms with Crippen molar-refractivity contribution in [3.8, 4) is 11.3 Å². The van der Waals surface area contributed by atoms with Crippen LogP contribution in [-0.2, 0) is 0 Å². The predicted molar refractivity (Wildman–Crippen MR) is 121 cm³/mol. The van der Waals surface area contributed by atoms with Gasteiger partial charge < -0.3 is 10.8 Å². The Labute approximate surface area is 177 Å². The van der Waals surface area contributed by atoms with Gasteiger partial charge in [0, 0.05) is 30.5 Å². The van der Waals surface area contributed by atoms with Crippen LogP contribution in [0.4, 0.5) is 5.82 Å². The Bertz CT molecular complexity index is 1110. The number of nitrogen functional groups attached to an aromatic ring is 1. The molecule has 5 heteroatoms. The van der Waals surface area contributed by atoms with Gasteiger partial charge in [0.05, 0.1) is 0 Å². The van der Waals surface area contributed by atoms with E-state index in [4.69, 9.17) is 10.7 Å². The number of aromatic nitrogens is 3. The number of benzene rings is 2. The molecule has 0 saturated heterocycles. The lowest BCUT2D eigenvalue weighted by atomic mass is 9.75. The number of nitrogens with two attached hydrogens (primary N) is 1. The highest BCUT2D eigenvalue weighted by Crippen LogP contribution is 2.42. The monoisotopic (exact) mass is 400 g/mol. The lowest BCUT2D eigenvalue weighted by Gasteiger charge is -2.32. The van der Waals surface area contributed by atoms with E-state index in [-0.39, 0.29) is 6.61 Å². The van der Waals surface area contributed by atoms with E-state index in [2.05, 4.69) is 59.6 Å². The predicted octanol–water partition coefficient (Wildman–Crippen LogP) is 4.77. The highest BCUT2D eigenvalue weighted by atomic mass is 16.3. The second kappa shape index (κ2) is 8.67. The molecule has 1 saturated carbocycles. The van der Waals surface area contributed by atoms with Crippen LogP contribution in [0, 0.1) is 19.8 Å². The van der Waals surface area contributed by atoms with Gasteiger partial charge in [0.15, 0.2) is 0 Å². The molecule has 0 radical (unpaired) electrons. The van der Waals surface area contributed by atoms with Crippen molar-refractivity contribution in [3.63, 3.8) is 0 Å². The number of anilines is 1. The van der Waals surface area contributed by atoms with Crippen LogP contribution in [0.25, 0.3) is 16.8 Å². The average Bonchev–Trinajstić information content (AvgIpc) is 3.10. The topological polar surface area (TPSA) is 76.4 Å². The average molecular weight is 401 g/mol. The Morgan fingerprint density at radius 3 is 2.27 bits per heavy atom. The van der Waals surface area contributed by atoms with Crippen LogP contribution in [0.2, 0.25) is 0 Å². The summed E-state index contributed by atoms with van der Waals surface area (Å²) in [6, 6.07) is 18.6. The third-order valence-corrected chi connectivity index (χ3v) is 5.73. The molecular formula is C25H28N4O.